The van der Waals surface area contributed by atoms with Crippen molar-refractivity contribution in [3.8, 4) is 0 Å². The lowest BCUT2D eigenvalue weighted by atomic mass is 9.80. The maximum Gasteiger partial charge on any atom is 0.331 e. The molecule has 18 heavy (non-hydrogen) atoms. The summed E-state index contributed by atoms with van der Waals surface area (Å²) in [6.45, 7) is 3.03. The SMILES string of the molecule is CC1(C(=O)O)C=CC=C(C(=O)O)C1.CC[N+](=O)[O-]. The highest BCUT2D eigenvalue weighted by Gasteiger charge is 2.34. The fourth-order valence-corrected chi connectivity index (χ4v) is 1.18. The van der Waals surface area contributed by atoms with Gasteiger partial charge in [-0.1, -0.05) is 18.2 Å². The van der Waals surface area contributed by atoms with Crippen LogP contribution in [0.3, 0.4) is 0 Å². The van der Waals surface area contributed by atoms with Crippen molar-refractivity contribution in [3.63, 3.8) is 0 Å². The first-order valence-electron chi connectivity index (χ1n) is 5.20. The Balaban J connectivity index is 0.000000494. The van der Waals surface area contributed by atoms with Gasteiger partial charge in [0.25, 0.3) is 0 Å². The molecule has 7 nitrogen and oxygen atoms in total. The molecule has 1 rings (SSSR count). The van der Waals surface area contributed by atoms with E-state index in [0.717, 1.165) is 0 Å². The normalized spacial score (nSPS) is 21.3. The molecule has 100 valence electrons. The molecule has 0 bridgehead atoms. The number of hydrogen-bond acceptors (Lipinski definition) is 4. The number of nitro groups is 1. The van der Waals surface area contributed by atoms with Gasteiger partial charge in [-0.15, -0.1) is 0 Å². The van der Waals surface area contributed by atoms with Crippen molar-refractivity contribution >= 4 is 11.9 Å². The van der Waals surface area contributed by atoms with Crippen molar-refractivity contribution < 1.29 is 24.7 Å². The Morgan fingerprint density at radius 3 is 2.33 bits per heavy atom. The van der Waals surface area contributed by atoms with E-state index in [1.807, 2.05) is 0 Å². The molecule has 0 amide bonds. The van der Waals surface area contributed by atoms with Crippen molar-refractivity contribution in [1.82, 2.24) is 0 Å². The number of carboxylic acid groups (broad SMARTS) is 2. The van der Waals surface area contributed by atoms with Crippen molar-refractivity contribution in [2.45, 2.75) is 20.3 Å². The lowest BCUT2D eigenvalue weighted by Crippen LogP contribution is -2.28. The van der Waals surface area contributed by atoms with E-state index in [0.29, 0.717) is 0 Å². The summed E-state index contributed by atoms with van der Waals surface area (Å²) in [6.07, 6.45) is 4.43. The van der Waals surface area contributed by atoms with Gasteiger partial charge in [0.15, 0.2) is 0 Å². The minimum atomic E-state index is -1.08. The summed E-state index contributed by atoms with van der Waals surface area (Å²) in [5.41, 5.74) is -0.949. The Labute approximate surface area is 104 Å². The Morgan fingerprint density at radius 1 is 1.50 bits per heavy atom. The highest BCUT2D eigenvalue weighted by Crippen LogP contribution is 2.31. The highest BCUT2D eigenvalue weighted by molar-refractivity contribution is 5.90. The Hall–Kier alpha value is -2.18. The summed E-state index contributed by atoms with van der Waals surface area (Å²) in [4.78, 5) is 30.1. The third-order valence-electron chi connectivity index (χ3n) is 2.34. The molecule has 0 saturated heterocycles. The second-order valence-electron chi connectivity index (χ2n) is 3.90. The van der Waals surface area contributed by atoms with Crippen LogP contribution in [0.5, 0.6) is 0 Å². The maximum atomic E-state index is 10.8. The molecule has 0 radical (unpaired) electrons. The second-order valence-corrected chi connectivity index (χ2v) is 3.90. The van der Waals surface area contributed by atoms with Crippen LogP contribution in [-0.2, 0) is 9.59 Å². The minimum Gasteiger partial charge on any atom is -0.481 e. The van der Waals surface area contributed by atoms with Gasteiger partial charge in [-0.3, -0.25) is 14.9 Å². The van der Waals surface area contributed by atoms with E-state index in [-0.39, 0.29) is 23.5 Å². The first-order valence-corrected chi connectivity index (χ1v) is 5.20. The summed E-state index contributed by atoms with van der Waals surface area (Å²) in [5, 5.41) is 26.7. The molecular weight excluding hydrogens is 242 g/mol. The number of nitrogens with zero attached hydrogens (tertiary/aromatic N) is 1. The van der Waals surface area contributed by atoms with Gasteiger partial charge in [0, 0.05) is 17.4 Å². The van der Waals surface area contributed by atoms with Crippen molar-refractivity contribution in [2.24, 2.45) is 5.41 Å². The second kappa shape index (κ2) is 6.53. The number of rotatable bonds is 3. The number of hydrogen-bond donors (Lipinski definition) is 2. The zero-order valence-corrected chi connectivity index (χ0v) is 10.1. The molecule has 0 heterocycles. The molecule has 0 aliphatic heterocycles. The number of carboxylic acids is 2. The van der Waals surface area contributed by atoms with Gasteiger partial charge in [-0.25, -0.2) is 4.79 Å². The van der Waals surface area contributed by atoms with Crippen molar-refractivity contribution in [2.75, 3.05) is 6.54 Å². The number of allylic oxidation sites excluding steroid dienone is 2. The topological polar surface area (TPSA) is 118 Å². The molecule has 1 unspecified atom stereocenters. The van der Waals surface area contributed by atoms with Crippen molar-refractivity contribution in [1.29, 1.82) is 0 Å². The molecule has 1 atom stereocenters. The lowest BCUT2D eigenvalue weighted by molar-refractivity contribution is -0.475. The van der Waals surface area contributed by atoms with Crippen LogP contribution in [0, 0.1) is 15.5 Å². The molecule has 2 N–H and O–H groups in total. The average molecular weight is 257 g/mol. The molecule has 0 aromatic heterocycles. The number of aliphatic carboxylic acids is 2. The van der Waals surface area contributed by atoms with Gasteiger partial charge >= 0.3 is 11.9 Å². The van der Waals surface area contributed by atoms with Gasteiger partial charge < -0.3 is 10.2 Å². The van der Waals surface area contributed by atoms with Crippen molar-refractivity contribution in [3.05, 3.63) is 33.9 Å². The van der Waals surface area contributed by atoms with E-state index in [1.54, 1.807) is 0 Å². The summed E-state index contributed by atoms with van der Waals surface area (Å²) in [5.74, 6) is -2.06. The van der Waals surface area contributed by atoms with Crippen LogP contribution < -0.4 is 0 Å². The van der Waals surface area contributed by atoms with Crippen LogP contribution >= 0.6 is 0 Å². The van der Waals surface area contributed by atoms with E-state index in [2.05, 4.69) is 0 Å². The molecule has 7 heteroatoms. The molecule has 0 fully saturated rings. The first-order chi connectivity index (χ1) is 8.23. The molecule has 0 spiro atoms. The lowest BCUT2D eigenvalue weighted by Gasteiger charge is -2.23. The summed E-state index contributed by atoms with van der Waals surface area (Å²) in [7, 11) is 0. The van der Waals surface area contributed by atoms with Gasteiger partial charge in [0.05, 0.1) is 5.41 Å². The van der Waals surface area contributed by atoms with Crippen LogP contribution in [-0.4, -0.2) is 33.6 Å². The molecule has 1 aliphatic rings. The van der Waals surface area contributed by atoms with Gasteiger partial charge in [0.1, 0.15) is 0 Å². The predicted molar refractivity (Wildman–Crippen MR) is 62.8 cm³/mol. The van der Waals surface area contributed by atoms with Gasteiger partial charge in [-0.2, -0.15) is 0 Å². The molecule has 1 aliphatic carbocycles. The van der Waals surface area contributed by atoms with Crippen LogP contribution in [0.4, 0.5) is 0 Å². The monoisotopic (exact) mass is 257 g/mol. The standard InChI is InChI=1S/C9H10O4.C2H5NO2/c1-9(8(12)13)4-2-3-6(5-9)7(10)11;1-2-3(4)5/h2-4H,5H2,1H3,(H,10,11)(H,12,13);2H2,1H3. The van der Waals surface area contributed by atoms with E-state index in [1.165, 1.54) is 32.1 Å². The molecule has 0 aromatic carbocycles. The van der Waals surface area contributed by atoms with Crippen LogP contribution in [0.2, 0.25) is 0 Å². The van der Waals surface area contributed by atoms with Crippen LogP contribution in [0.25, 0.3) is 0 Å². The third-order valence-corrected chi connectivity index (χ3v) is 2.34. The minimum absolute atomic E-state index is 0.0278. The summed E-state index contributed by atoms with van der Waals surface area (Å²) < 4.78 is 0. The van der Waals surface area contributed by atoms with E-state index < -0.39 is 17.4 Å². The van der Waals surface area contributed by atoms with Gasteiger partial charge in [0.2, 0.25) is 6.54 Å². The molecule has 0 saturated carbocycles. The molecule has 0 aromatic rings. The average Bonchev–Trinajstić information content (AvgIpc) is 2.29. The summed E-state index contributed by atoms with van der Waals surface area (Å²) >= 11 is 0. The Kier molecular flexibility index (Phi) is 5.74. The zero-order valence-electron chi connectivity index (χ0n) is 10.1. The first kappa shape index (κ1) is 15.8. The number of carbonyl (C=O) groups is 2. The fourth-order valence-electron chi connectivity index (χ4n) is 1.18. The third kappa shape index (κ3) is 4.77. The largest absolute Gasteiger partial charge is 0.481 e. The predicted octanol–water partition coefficient (Wildman–Crippen LogP) is 1.33. The molecular formula is C11H15NO6. The van der Waals surface area contributed by atoms with Crippen LogP contribution in [0.15, 0.2) is 23.8 Å². The summed E-state index contributed by atoms with van der Waals surface area (Å²) in [6, 6.07) is 0. The fraction of sp³-hybridized carbons (Fsp3) is 0.455. The Morgan fingerprint density at radius 2 is 2.00 bits per heavy atom. The zero-order chi connectivity index (χ0) is 14.3. The van der Waals surface area contributed by atoms with E-state index in [4.69, 9.17) is 10.2 Å². The smallest absolute Gasteiger partial charge is 0.331 e. The quantitative estimate of drug-likeness (QED) is 0.581. The van der Waals surface area contributed by atoms with Crippen LogP contribution in [0.1, 0.15) is 20.3 Å². The Bertz CT molecular complexity index is 412. The van der Waals surface area contributed by atoms with E-state index >= 15 is 0 Å². The van der Waals surface area contributed by atoms with Gasteiger partial charge in [-0.05, 0) is 13.3 Å². The maximum absolute atomic E-state index is 10.8. The highest BCUT2D eigenvalue weighted by atomic mass is 16.6. The van der Waals surface area contributed by atoms with E-state index in [9.17, 15) is 19.7 Å².